The van der Waals surface area contributed by atoms with Crippen molar-refractivity contribution in [2.45, 2.75) is 67.8 Å². The van der Waals surface area contributed by atoms with Gasteiger partial charge in [0.05, 0.1) is 20.8 Å². The maximum absolute atomic E-state index is 13.8. The molecule has 5 atom stereocenters. The summed E-state index contributed by atoms with van der Waals surface area (Å²) in [6.45, 7) is 4.02. The van der Waals surface area contributed by atoms with Crippen LogP contribution in [0.25, 0.3) is 0 Å². The maximum Gasteiger partial charge on any atom is 0.255 e. The first-order chi connectivity index (χ1) is 19.3. The summed E-state index contributed by atoms with van der Waals surface area (Å²) >= 11 is 6.27. The number of rotatable bonds is 8. The van der Waals surface area contributed by atoms with Crippen molar-refractivity contribution in [3.63, 3.8) is 0 Å². The molecule has 0 bridgehead atoms. The van der Waals surface area contributed by atoms with Crippen molar-refractivity contribution >= 4 is 38.9 Å². The number of halogens is 4. The standard InChI is InChI=1S/C28H32ClF3N2O6S/c1-3-17-11-19(9-15(2)28(17,37)14-33-27(36)23-5-4-8-40-23)41(38,39)24-10-16(6-7-20(24)29)26(35)34-18-12-21(30)25(32)22(31)13-18/h6-7,10,12-13,15,17,19,23,37H,3-5,8-9,11,14H2,1-2H3,(H,33,36)(H,34,35)/t15-,17?,19-,23-,28-/m0/s1. The molecule has 2 aromatic carbocycles. The fourth-order valence-corrected chi connectivity index (χ4v) is 8.17. The van der Waals surface area contributed by atoms with Crippen LogP contribution in [0.2, 0.25) is 5.02 Å². The minimum atomic E-state index is -4.11. The van der Waals surface area contributed by atoms with Gasteiger partial charge < -0.3 is 20.5 Å². The first kappa shape index (κ1) is 31.3. The predicted octanol–water partition coefficient (Wildman–Crippen LogP) is 4.63. The zero-order valence-corrected chi connectivity index (χ0v) is 24.1. The third-order valence-corrected chi connectivity index (χ3v) is 10.8. The van der Waals surface area contributed by atoms with Crippen molar-refractivity contribution in [3.8, 4) is 0 Å². The number of ether oxygens (including phenoxy) is 1. The Kier molecular flexibility index (Phi) is 9.37. The maximum atomic E-state index is 13.8. The molecule has 224 valence electrons. The van der Waals surface area contributed by atoms with Gasteiger partial charge in [0.2, 0.25) is 5.91 Å². The average molecular weight is 617 g/mol. The minimum Gasteiger partial charge on any atom is -0.387 e. The van der Waals surface area contributed by atoms with E-state index in [2.05, 4.69) is 10.6 Å². The highest BCUT2D eigenvalue weighted by Gasteiger charge is 2.50. The molecule has 41 heavy (non-hydrogen) atoms. The summed E-state index contributed by atoms with van der Waals surface area (Å²) in [6, 6.07) is 4.76. The average Bonchev–Trinajstić information content (AvgIpc) is 3.47. The molecule has 8 nitrogen and oxygen atoms in total. The van der Waals surface area contributed by atoms with Gasteiger partial charge in [-0.1, -0.05) is 31.9 Å². The van der Waals surface area contributed by atoms with Crippen molar-refractivity contribution < 1.29 is 41.0 Å². The summed E-state index contributed by atoms with van der Waals surface area (Å²) in [7, 11) is -4.11. The third-order valence-electron chi connectivity index (χ3n) is 8.17. The second-order valence-corrected chi connectivity index (χ2v) is 13.3. The highest BCUT2D eigenvalue weighted by Crippen LogP contribution is 2.44. The van der Waals surface area contributed by atoms with E-state index in [0.717, 1.165) is 12.5 Å². The van der Waals surface area contributed by atoms with Gasteiger partial charge in [0.15, 0.2) is 27.3 Å². The summed E-state index contributed by atoms with van der Waals surface area (Å²) in [5.74, 6) is -6.86. The quantitative estimate of drug-likeness (QED) is 0.372. The summed E-state index contributed by atoms with van der Waals surface area (Å²) in [4.78, 5) is 25.0. The molecule has 2 fully saturated rings. The van der Waals surface area contributed by atoms with Crippen LogP contribution in [-0.2, 0) is 19.4 Å². The number of carbonyl (C=O) groups is 2. The molecular formula is C28H32ClF3N2O6S. The first-order valence-corrected chi connectivity index (χ1v) is 15.3. The van der Waals surface area contributed by atoms with E-state index in [1.807, 2.05) is 6.92 Å². The van der Waals surface area contributed by atoms with Gasteiger partial charge in [-0.05, 0) is 55.7 Å². The van der Waals surface area contributed by atoms with Crippen molar-refractivity contribution in [3.05, 3.63) is 58.4 Å². The molecule has 4 rings (SSSR count). The van der Waals surface area contributed by atoms with E-state index in [1.165, 1.54) is 12.1 Å². The fourth-order valence-electron chi connectivity index (χ4n) is 5.71. The Hall–Kier alpha value is -2.67. The molecule has 2 amide bonds. The van der Waals surface area contributed by atoms with Gasteiger partial charge in [0.1, 0.15) is 6.10 Å². The molecule has 13 heteroatoms. The number of amides is 2. The van der Waals surface area contributed by atoms with E-state index in [1.54, 1.807) is 6.92 Å². The number of aliphatic hydroxyl groups is 1. The van der Waals surface area contributed by atoms with Crippen LogP contribution < -0.4 is 10.6 Å². The van der Waals surface area contributed by atoms with Crippen LogP contribution in [0.1, 0.15) is 56.3 Å². The van der Waals surface area contributed by atoms with E-state index in [9.17, 15) is 36.3 Å². The number of hydrogen-bond donors (Lipinski definition) is 3. The molecule has 0 aromatic heterocycles. The summed E-state index contributed by atoms with van der Waals surface area (Å²) in [5.41, 5.74) is -1.86. The Morgan fingerprint density at radius 3 is 2.44 bits per heavy atom. The lowest BCUT2D eigenvalue weighted by Gasteiger charge is -2.47. The number of hydrogen-bond acceptors (Lipinski definition) is 6. The number of benzene rings is 2. The molecule has 1 saturated carbocycles. The highest BCUT2D eigenvalue weighted by molar-refractivity contribution is 7.92. The second kappa shape index (κ2) is 12.3. The van der Waals surface area contributed by atoms with Crippen LogP contribution in [0.5, 0.6) is 0 Å². The molecule has 2 aliphatic rings. The smallest absolute Gasteiger partial charge is 0.255 e. The van der Waals surface area contributed by atoms with Crippen LogP contribution in [0.3, 0.4) is 0 Å². The topological polar surface area (TPSA) is 122 Å². The van der Waals surface area contributed by atoms with Crippen molar-refractivity contribution in [2.24, 2.45) is 11.8 Å². The Morgan fingerprint density at radius 1 is 1.15 bits per heavy atom. The number of nitrogens with one attached hydrogen (secondary N) is 2. The zero-order chi connectivity index (χ0) is 30.1. The van der Waals surface area contributed by atoms with E-state index in [-0.39, 0.29) is 46.5 Å². The van der Waals surface area contributed by atoms with Gasteiger partial charge in [0.25, 0.3) is 5.91 Å². The predicted molar refractivity (Wildman–Crippen MR) is 146 cm³/mol. The van der Waals surface area contributed by atoms with Gasteiger partial charge in [0, 0.05) is 36.5 Å². The minimum absolute atomic E-state index is 0.0425. The van der Waals surface area contributed by atoms with Crippen LogP contribution in [0.15, 0.2) is 35.2 Å². The number of carbonyl (C=O) groups excluding carboxylic acids is 2. The van der Waals surface area contributed by atoms with Gasteiger partial charge in [-0.3, -0.25) is 9.59 Å². The molecule has 1 saturated heterocycles. The number of sulfone groups is 1. The van der Waals surface area contributed by atoms with Crippen LogP contribution >= 0.6 is 11.6 Å². The van der Waals surface area contributed by atoms with Crippen molar-refractivity contribution in [1.29, 1.82) is 0 Å². The Bertz CT molecular complexity index is 1410. The van der Waals surface area contributed by atoms with E-state index in [0.29, 0.717) is 31.6 Å². The lowest BCUT2D eigenvalue weighted by atomic mass is 9.67. The monoisotopic (exact) mass is 616 g/mol. The number of anilines is 1. The Morgan fingerprint density at radius 2 is 1.83 bits per heavy atom. The van der Waals surface area contributed by atoms with Gasteiger partial charge in [-0.15, -0.1) is 0 Å². The largest absolute Gasteiger partial charge is 0.387 e. The van der Waals surface area contributed by atoms with Gasteiger partial charge in [-0.2, -0.15) is 0 Å². The van der Waals surface area contributed by atoms with Crippen molar-refractivity contribution in [1.82, 2.24) is 5.32 Å². The fraction of sp³-hybridized carbons (Fsp3) is 0.500. The molecule has 0 spiro atoms. The van der Waals surface area contributed by atoms with Gasteiger partial charge >= 0.3 is 0 Å². The molecule has 0 radical (unpaired) electrons. The van der Waals surface area contributed by atoms with Crippen molar-refractivity contribution in [2.75, 3.05) is 18.5 Å². The molecule has 3 N–H and O–H groups in total. The Balaban J connectivity index is 1.53. The molecule has 2 aromatic rings. The highest BCUT2D eigenvalue weighted by atomic mass is 35.5. The van der Waals surface area contributed by atoms with Crippen LogP contribution in [-0.4, -0.2) is 55.4 Å². The molecule has 1 unspecified atom stereocenters. The molecule has 1 aliphatic carbocycles. The molecular weight excluding hydrogens is 585 g/mol. The van der Waals surface area contributed by atoms with E-state index >= 15 is 0 Å². The third kappa shape index (κ3) is 6.40. The lowest BCUT2D eigenvalue weighted by Crippen LogP contribution is -2.58. The summed E-state index contributed by atoms with van der Waals surface area (Å²) in [6.07, 6.45) is 1.45. The van der Waals surface area contributed by atoms with Crippen LogP contribution in [0.4, 0.5) is 18.9 Å². The molecule has 1 heterocycles. The normalized spacial score (nSPS) is 26.5. The first-order valence-electron chi connectivity index (χ1n) is 13.4. The van der Waals surface area contributed by atoms with E-state index < -0.39 is 62.0 Å². The Labute approximate surface area is 241 Å². The summed E-state index contributed by atoms with van der Waals surface area (Å²) in [5, 5.41) is 15.5. The second-order valence-electron chi connectivity index (χ2n) is 10.7. The lowest BCUT2D eigenvalue weighted by molar-refractivity contribution is -0.134. The zero-order valence-electron chi connectivity index (χ0n) is 22.6. The van der Waals surface area contributed by atoms with Gasteiger partial charge in [-0.25, -0.2) is 21.6 Å². The van der Waals surface area contributed by atoms with Crippen LogP contribution in [0, 0.1) is 29.3 Å². The summed E-state index contributed by atoms with van der Waals surface area (Å²) < 4.78 is 73.4. The SMILES string of the molecule is CCC1C[C@@H](S(=O)(=O)c2cc(C(=O)Nc3cc(F)c(F)c(F)c3)ccc2Cl)C[C@H](C)[C@@]1(O)CNC(=O)[C@@H]1CCCO1. The molecule has 1 aliphatic heterocycles. The van der Waals surface area contributed by atoms with E-state index in [4.69, 9.17) is 16.3 Å².